The van der Waals surface area contributed by atoms with E-state index in [2.05, 4.69) is 36.9 Å². The molecule has 2 heterocycles. The Morgan fingerprint density at radius 2 is 2.05 bits per heavy atom. The lowest BCUT2D eigenvalue weighted by Crippen LogP contribution is -2.45. The molecule has 1 aromatic heterocycles. The van der Waals surface area contributed by atoms with E-state index in [1.807, 2.05) is 6.07 Å². The summed E-state index contributed by atoms with van der Waals surface area (Å²) in [6.07, 6.45) is 3.53. The molecule has 2 rings (SSSR count). The Hall–Kier alpha value is -0.130. The van der Waals surface area contributed by atoms with Crippen LogP contribution < -0.4 is 5.73 Å². The minimum absolute atomic E-state index is 0.185. The van der Waals surface area contributed by atoms with Crippen molar-refractivity contribution in [3.63, 3.8) is 0 Å². The van der Waals surface area contributed by atoms with Crippen LogP contribution in [0.5, 0.6) is 0 Å². The van der Waals surface area contributed by atoms with Crippen LogP contribution in [-0.2, 0) is 0 Å². The first kappa shape index (κ1) is 17.2. The van der Waals surface area contributed by atoms with Crippen molar-refractivity contribution >= 4 is 22.9 Å². The topological polar surface area (TPSA) is 32.5 Å². The fourth-order valence-electron chi connectivity index (χ4n) is 3.30. The zero-order chi connectivity index (χ0) is 15.4. The molecule has 0 amide bonds. The molecule has 5 heteroatoms. The molecule has 1 aliphatic heterocycles. The van der Waals surface area contributed by atoms with Crippen LogP contribution in [0.3, 0.4) is 0 Å². The fraction of sp³-hybridized carbons (Fsp3) is 0.750. The Morgan fingerprint density at radius 3 is 2.52 bits per heavy atom. The highest BCUT2D eigenvalue weighted by Gasteiger charge is 2.30. The second-order valence-corrected chi connectivity index (χ2v) is 8.15. The summed E-state index contributed by atoms with van der Waals surface area (Å²) in [6.45, 7) is 5.66. The lowest BCUT2D eigenvalue weighted by Gasteiger charge is -2.40. The SMILES string of the molecule is CCC(N)C(c1ccc(Cl)s1)N1CCC(CN(C)C)CC1. The maximum Gasteiger partial charge on any atom is 0.0931 e. The summed E-state index contributed by atoms with van der Waals surface area (Å²) in [6, 6.07) is 4.66. The van der Waals surface area contributed by atoms with E-state index in [9.17, 15) is 0 Å². The lowest BCUT2D eigenvalue weighted by molar-refractivity contribution is 0.106. The molecule has 1 aliphatic rings. The first-order chi connectivity index (χ1) is 10.0. The molecule has 2 atom stereocenters. The monoisotopic (exact) mass is 329 g/mol. The zero-order valence-electron chi connectivity index (χ0n) is 13.4. The predicted molar refractivity (Wildman–Crippen MR) is 93.2 cm³/mol. The smallest absolute Gasteiger partial charge is 0.0931 e. The summed E-state index contributed by atoms with van der Waals surface area (Å²) in [5.41, 5.74) is 6.42. The Labute approximate surface area is 138 Å². The van der Waals surface area contributed by atoms with Crippen molar-refractivity contribution in [2.45, 2.75) is 38.3 Å². The van der Waals surface area contributed by atoms with E-state index >= 15 is 0 Å². The van der Waals surface area contributed by atoms with Crippen LogP contribution in [0.25, 0.3) is 0 Å². The Balaban J connectivity index is 2.02. The van der Waals surface area contributed by atoms with Crippen molar-refractivity contribution in [2.24, 2.45) is 11.7 Å². The average molecular weight is 330 g/mol. The van der Waals surface area contributed by atoms with Gasteiger partial charge in [-0.15, -0.1) is 11.3 Å². The number of piperidine rings is 1. The second-order valence-electron chi connectivity index (χ2n) is 6.40. The molecule has 0 radical (unpaired) electrons. The van der Waals surface area contributed by atoms with Crippen LogP contribution in [0.1, 0.15) is 37.1 Å². The summed E-state index contributed by atoms with van der Waals surface area (Å²) in [5, 5.41) is 0. The average Bonchev–Trinajstić information content (AvgIpc) is 2.86. The minimum Gasteiger partial charge on any atom is -0.326 e. The van der Waals surface area contributed by atoms with Gasteiger partial charge in [0.15, 0.2) is 0 Å². The molecule has 3 nitrogen and oxygen atoms in total. The summed E-state index contributed by atoms with van der Waals surface area (Å²) in [4.78, 5) is 6.19. The van der Waals surface area contributed by atoms with Crippen molar-refractivity contribution < 1.29 is 0 Å². The van der Waals surface area contributed by atoms with E-state index in [1.54, 1.807) is 11.3 Å². The van der Waals surface area contributed by atoms with Gasteiger partial charge in [-0.05, 0) is 64.5 Å². The zero-order valence-corrected chi connectivity index (χ0v) is 15.0. The second kappa shape index (κ2) is 7.93. The maximum atomic E-state index is 6.42. The number of hydrogen-bond acceptors (Lipinski definition) is 4. The van der Waals surface area contributed by atoms with Crippen LogP contribution >= 0.6 is 22.9 Å². The van der Waals surface area contributed by atoms with Gasteiger partial charge < -0.3 is 10.6 Å². The first-order valence-corrected chi connectivity index (χ1v) is 9.10. The van der Waals surface area contributed by atoms with Crippen LogP contribution in [0.15, 0.2) is 12.1 Å². The van der Waals surface area contributed by atoms with Crippen LogP contribution in [-0.4, -0.2) is 49.6 Å². The largest absolute Gasteiger partial charge is 0.326 e. The van der Waals surface area contributed by atoms with Crippen LogP contribution in [0.4, 0.5) is 0 Å². The van der Waals surface area contributed by atoms with Gasteiger partial charge in [-0.3, -0.25) is 4.90 Å². The number of nitrogens with two attached hydrogens (primary N) is 1. The standard InChI is InChI=1S/C16H28ClN3S/c1-4-13(18)16(14-5-6-15(17)21-14)20-9-7-12(8-10-20)11-19(2)3/h5-6,12-13,16H,4,7-11,18H2,1-3H3. The van der Waals surface area contributed by atoms with Gasteiger partial charge in [0.1, 0.15) is 0 Å². The Morgan fingerprint density at radius 1 is 1.38 bits per heavy atom. The number of hydrogen-bond donors (Lipinski definition) is 1. The summed E-state index contributed by atoms with van der Waals surface area (Å²) < 4.78 is 0.862. The molecule has 1 aromatic rings. The van der Waals surface area contributed by atoms with E-state index in [4.69, 9.17) is 17.3 Å². The van der Waals surface area contributed by atoms with Gasteiger partial charge in [0, 0.05) is 17.5 Å². The van der Waals surface area contributed by atoms with Crippen molar-refractivity contribution in [3.8, 4) is 0 Å². The number of thiophene rings is 1. The van der Waals surface area contributed by atoms with Crippen LogP contribution in [0, 0.1) is 5.92 Å². The third-order valence-electron chi connectivity index (χ3n) is 4.43. The molecule has 21 heavy (non-hydrogen) atoms. The van der Waals surface area contributed by atoms with Gasteiger partial charge in [0.2, 0.25) is 0 Å². The highest BCUT2D eigenvalue weighted by molar-refractivity contribution is 7.16. The van der Waals surface area contributed by atoms with E-state index < -0.39 is 0 Å². The highest BCUT2D eigenvalue weighted by atomic mass is 35.5. The Kier molecular flexibility index (Phi) is 6.51. The molecule has 1 fully saturated rings. The molecule has 2 unspecified atom stereocenters. The first-order valence-electron chi connectivity index (χ1n) is 7.90. The Bertz CT molecular complexity index is 427. The van der Waals surface area contributed by atoms with E-state index in [0.29, 0.717) is 6.04 Å². The highest BCUT2D eigenvalue weighted by Crippen LogP contribution is 2.35. The third-order valence-corrected chi connectivity index (χ3v) is 5.73. The molecular formula is C16H28ClN3S. The van der Waals surface area contributed by atoms with Crippen LogP contribution in [0.2, 0.25) is 4.34 Å². The van der Waals surface area contributed by atoms with Gasteiger partial charge in [-0.25, -0.2) is 0 Å². The fourth-order valence-corrected chi connectivity index (χ4v) is 4.57. The van der Waals surface area contributed by atoms with Gasteiger partial charge in [0.25, 0.3) is 0 Å². The number of likely N-dealkylation sites (tertiary alicyclic amines) is 1. The third kappa shape index (κ3) is 4.67. The maximum absolute atomic E-state index is 6.42. The molecule has 2 N–H and O–H groups in total. The van der Waals surface area contributed by atoms with Crippen molar-refractivity contribution in [1.29, 1.82) is 0 Å². The number of nitrogens with zero attached hydrogens (tertiary/aromatic N) is 2. The van der Waals surface area contributed by atoms with Gasteiger partial charge in [0.05, 0.1) is 10.4 Å². The molecule has 0 bridgehead atoms. The number of rotatable bonds is 6. The molecule has 120 valence electrons. The predicted octanol–water partition coefficient (Wildman–Crippen LogP) is 3.45. The van der Waals surface area contributed by atoms with Crippen molar-refractivity contribution in [2.75, 3.05) is 33.7 Å². The molecule has 0 spiro atoms. The molecule has 0 aromatic carbocycles. The van der Waals surface area contributed by atoms with Gasteiger partial charge >= 0.3 is 0 Å². The molecular weight excluding hydrogens is 302 g/mol. The minimum atomic E-state index is 0.185. The van der Waals surface area contributed by atoms with E-state index in [0.717, 1.165) is 29.8 Å². The van der Waals surface area contributed by atoms with Gasteiger partial charge in [-0.1, -0.05) is 18.5 Å². The normalized spacial score (nSPS) is 20.9. The van der Waals surface area contributed by atoms with Crippen molar-refractivity contribution in [1.82, 2.24) is 9.80 Å². The molecule has 0 aliphatic carbocycles. The lowest BCUT2D eigenvalue weighted by atomic mass is 9.93. The molecule has 1 saturated heterocycles. The summed E-state index contributed by atoms with van der Waals surface area (Å²) >= 11 is 7.81. The van der Waals surface area contributed by atoms with Gasteiger partial charge in [-0.2, -0.15) is 0 Å². The molecule has 0 saturated carbocycles. The van der Waals surface area contributed by atoms with E-state index in [1.165, 1.54) is 24.3 Å². The summed E-state index contributed by atoms with van der Waals surface area (Å²) in [7, 11) is 4.33. The van der Waals surface area contributed by atoms with E-state index in [-0.39, 0.29) is 6.04 Å². The number of halogens is 1. The van der Waals surface area contributed by atoms with Crippen molar-refractivity contribution in [3.05, 3.63) is 21.3 Å². The quantitative estimate of drug-likeness (QED) is 0.867. The summed E-state index contributed by atoms with van der Waals surface area (Å²) in [5.74, 6) is 0.821.